The van der Waals surface area contributed by atoms with Crippen LogP contribution in [0.2, 0.25) is 0 Å². The average molecular weight is 522 g/mol. The maximum Gasteiger partial charge on any atom is 0.426 e. The predicted octanol–water partition coefficient (Wildman–Crippen LogP) is 4.70. The second kappa shape index (κ2) is 10.1. The van der Waals surface area contributed by atoms with Gasteiger partial charge in [-0.3, -0.25) is 0 Å². The van der Waals surface area contributed by atoms with E-state index >= 15 is 0 Å². The van der Waals surface area contributed by atoms with Crippen LogP contribution in [0, 0.1) is 6.92 Å². The number of alkyl halides is 3. The highest BCUT2D eigenvalue weighted by atomic mass is 79.9. The molecule has 0 radical (unpaired) electrons. The van der Waals surface area contributed by atoms with E-state index < -0.39 is 11.1 Å². The van der Waals surface area contributed by atoms with Gasteiger partial charge in [-0.2, -0.15) is 23.3 Å². The summed E-state index contributed by atoms with van der Waals surface area (Å²) >= 11 is 3.82. The maximum atomic E-state index is 13.2. The third-order valence-electron chi connectivity index (χ3n) is 3.86. The Morgan fingerprint density at radius 2 is 2.04 bits per heavy atom. The number of imidazole rings is 1. The summed E-state index contributed by atoms with van der Waals surface area (Å²) in [5.74, 6) is 0.534. The summed E-state index contributed by atoms with van der Waals surface area (Å²) in [5.41, 5.74) is 7.36. The van der Waals surface area contributed by atoms with Crippen molar-refractivity contribution in [2.45, 2.75) is 26.1 Å². The van der Waals surface area contributed by atoms with Crippen molar-refractivity contribution in [2.75, 3.05) is 18.0 Å². The second-order valence-corrected chi connectivity index (χ2v) is 7.58. The van der Waals surface area contributed by atoms with Gasteiger partial charge in [-0.05, 0) is 47.4 Å². The summed E-state index contributed by atoms with van der Waals surface area (Å²) in [5, 5.41) is 7.73. The van der Waals surface area contributed by atoms with Crippen LogP contribution in [0.15, 0.2) is 16.7 Å². The van der Waals surface area contributed by atoms with Crippen LogP contribution in [0.5, 0.6) is 0 Å². The molecule has 3 N–H and O–H groups in total. The molecule has 3 heterocycles. The Kier molecular flexibility index (Phi) is 8.94. The minimum Gasteiger partial charge on any atom is -0.337 e. The minimum atomic E-state index is -4.39. The molecule has 0 fully saturated rings. The molecule has 0 atom stereocenters. The number of nitrogens with two attached hydrogens (primary N) is 1. The summed E-state index contributed by atoms with van der Waals surface area (Å²) in [4.78, 5) is 9.40. The number of nitrogens with one attached hydrogen (secondary N) is 1. The van der Waals surface area contributed by atoms with Gasteiger partial charge in [-0.15, -0.1) is 41.2 Å². The molecule has 0 bridgehead atoms. The van der Waals surface area contributed by atoms with E-state index in [0.717, 1.165) is 11.3 Å². The highest BCUT2D eigenvalue weighted by Crippen LogP contribution is 2.43. The fraction of sp³-hybridized carbons (Fsp3) is 0.400. The number of thiophene rings is 1. The van der Waals surface area contributed by atoms with Gasteiger partial charge in [0.25, 0.3) is 0 Å². The topological polar surface area (TPSA) is 83.7 Å². The minimum absolute atomic E-state index is 0. The number of H-pyrrole nitrogens is 1. The largest absolute Gasteiger partial charge is 0.426 e. The lowest BCUT2D eigenvalue weighted by Gasteiger charge is -2.21. The second-order valence-electron chi connectivity index (χ2n) is 5.68. The molecule has 156 valence electrons. The molecule has 3 rings (SSSR count). The number of anilines is 1. The molecule has 0 aliphatic heterocycles. The van der Waals surface area contributed by atoms with Crippen molar-refractivity contribution in [1.82, 2.24) is 20.2 Å². The zero-order chi connectivity index (χ0) is 18.9. The van der Waals surface area contributed by atoms with Crippen molar-refractivity contribution < 1.29 is 13.2 Å². The molecular weight excluding hydrogens is 504 g/mol. The van der Waals surface area contributed by atoms with Gasteiger partial charge in [-0.1, -0.05) is 0 Å². The number of nitrogens with zero attached hydrogens (tertiary/aromatic N) is 4. The van der Waals surface area contributed by atoms with Crippen LogP contribution in [0.3, 0.4) is 0 Å². The number of fused-ring (bicyclic) bond motifs is 1. The first-order valence-corrected chi connectivity index (χ1v) is 9.39. The van der Waals surface area contributed by atoms with Crippen molar-refractivity contribution in [3.05, 3.63) is 32.1 Å². The van der Waals surface area contributed by atoms with E-state index in [4.69, 9.17) is 5.73 Å². The summed E-state index contributed by atoms with van der Waals surface area (Å²) in [6.07, 6.45) is -2.16. The summed E-state index contributed by atoms with van der Waals surface area (Å²) < 4.78 is 39.6. The Morgan fingerprint density at radius 1 is 1.32 bits per heavy atom. The van der Waals surface area contributed by atoms with Crippen LogP contribution < -0.4 is 10.6 Å². The predicted molar refractivity (Wildman–Crippen MR) is 113 cm³/mol. The van der Waals surface area contributed by atoms with Crippen molar-refractivity contribution in [3.63, 3.8) is 0 Å². The summed E-state index contributed by atoms with van der Waals surface area (Å²) in [7, 11) is 0. The lowest BCUT2D eigenvalue weighted by molar-refractivity contribution is -0.134. The highest BCUT2D eigenvalue weighted by molar-refractivity contribution is 9.10. The van der Waals surface area contributed by atoms with Crippen molar-refractivity contribution in [3.8, 4) is 0 Å². The Bertz CT molecular complexity index is 884. The zero-order valence-electron chi connectivity index (χ0n) is 14.6. The quantitative estimate of drug-likeness (QED) is 0.491. The molecule has 0 aliphatic rings. The summed E-state index contributed by atoms with van der Waals surface area (Å²) in [6, 6.07) is 1.74. The Morgan fingerprint density at radius 3 is 2.61 bits per heavy atom. The molecule has 28 heavy (non-hydrogen) atoms. The van der Waals surface area contributed by atoms with E-state index in [2.05, 4.69) is 36.1 Å². The van der Waals surface area contributed by atoms with E-state index in [1.165, 1.54) is 0 Å². The number of aromatic nitrogens is 4. The van der Waals surface area contributed by atoms with Crippen LogP contribution in [0.25, 0.3) is 11.2 Å². The fourth-order valence-electron chi connectivity index (χ4n) is 2.49. The molecule has 0 spiro atoms. The Hall–Kier alpha value is -1.14. The normalized spacial score (nSPS) is 11.2. The van der Waals surface area contributed by atoms with Crippen LogP contribution >= 0.6 is 52.1 Å². The molecule has 0 unspecified atom stereocenters. The third kappa shape index (κ3) is 5.26. The molecule has 3 aromatic rings. The van der Waals surface area contributed by atoms with Gasteiger partial charge in [0.15, 0.2) is 0 Å². The fourth-order valence-corrected chi connectivity index (χ4v) is 4.41. The molecule has 6 nitrogen and oxygen atoms in total. The van der Waals surface area contributed by atoms with Gasteiger partial charge in [0.05, 0.1) is 18.3 Å². The first-order valence-electron chi connectivity index (χ1n) is 7.78. The van der Waals surface area contributed by atoms with E-state index in [1.54, 1.807) is 19.2 Å². The van der Waals surface area contributed by atoms with E-state index in [0.29, 0.717) is 53.6 Å². The van der Waals surface area contributed by atoms with E-state index in [-0.39, 0.29) is 29.3 Å². The van der Waals surface area contributed by atoms with Gasteiger partial charge in [-0.25, -0.2) is 0 Å². The van der Waals surface area contributed by atoms with Crippen molar-refractivity contribution in [2.24, 2.45) is 5.73 Å². The lowest BCUT2D eigenvalue weighted by atomic mass is 10.2. The van der Waals surface area contributed by atoms with E-state index in [9.17, 15) is 13.2 Å². The van der Waals surface area contributed by atoms with Crippen LogP contribution in [-0.2, 0) is 12.7 Å². The molecular formula is C15H18BrCl2F3N6S. The van der Waals surface area contributed by atoms with Crippen molar-refractivity contribution >= 4 is 69.2 Å². The standard InChI is InChI=1S/C15H16BrF3N6S.2ClH/c1-8-10(26-12(11(8)16)15(17,18)19)7-25(6-2-4-20)14-22-9-3-5-21-24-13(9)23-14;;/h3,5H,2,4,6-7,20H2,1H3,(H,22,23,24);2*1H. The van der Waals surface area contributed by atoms with Gasteiger partial charge in [0.2, 0.25) is 11.6 Å². The molecule has 3 aromatic heterocycles. The van der Waals surface area contributed by atoms with Crippen LogP contribution in [-0.4, -0.2) is 33.3 Å². The first kappa shape index (κ1) is 24.9. The maximum absolute atomic E-state index is 13.2. The Labute approximate surface area is 184 Å². The molecule has 0 amide bonds. The number of halogens is 6. The number of aromatic amines is 1. The number of rotatable bonds is 6. The van der Waals surface area contributed by atoms with Gasteiger partial charge >= 0.3 is 6.18 Å². The molecule has 0 aliphatic carbocycles. The van der Waals surface area contributed by atoms with E-state index in [1.807, 2.05) is 4.90 Å². The van der Waals surface area contributed by atoms with Crippen LogP contribution in [0.1, 0.15) is 21.7 Å². The smallest absolute Gasteiger partial charge is 0.337 e. The number of hydrogen-bond donors (Lipinski definition) is 2. The highest BCUT2D eigenvalue weighted by Gasteiger charge is 2.37. The molecule has 0 aromatic carbocycles. The third-order valence-corrected chi connectivity index (χ3v) is 6.43. The first-order chi connectivity index (χ1) is 12.3. The molecule has 13 heteroatoms. The molecule has 0 saturated heterocycles. The van der Waals surface area contributed by atoms with Gasteiger partial charge in [0, 0.05) is 15.9 Å². The lowest BCUT2D eigenvalue weighted by Crippen LogP contribution is -2.26. The number of hydrogen-bond acceptors (Lipinski definition) is 6. The van der Waals surface area contributed by atoms with Crippen LogP contribution in [0.4, 0.5) is 19.1 Å². The van der Waals surface area contributed by atoms with Gasteiger partial charge in [0.1, 0.15) is 4.88 Å². The Balaban J connectivity index is 0.00000196. The monoisotopic (exact) mass is 520 g/mol. The molecule has 0 saturated carbocycles. The SMILES string of the molecule is Cc1c(CN(CCCN)c2nc3nnccc3[nH]2)sc(C(F)(F)F)c1Br.Cl.Cl. The summed E-state index contributed by atoms with van der Waals surface area (Å²) in [6.45, 7) is 2.99. The van der Waals surface area contributed by atoms with Gasteiger partial charge < -0.3 is 15.6 Å². The zero-order valence-corrected chi connectivity index (χ0v) is 18.6. The van der Waals surface area contributed by atoms with Crippen molar-refractivity contribution in [1.29, 1.82) is 0 Å². The average Bonchev–Trinajstić information content (AvgIpc) is 3.14.